The molecule has 1 fully saturated rings. The molecule has 1 aliphatic carbocycles. The first kappa shape index (κ1) is 20.4. The molecule has 30 heavy (non-hydrogen) atoms. The van der Waals surface area contributed by atoms with Crippen molar-refractivity contribution in [1.82, 2.24) is 20.4 Å². The van der Waals surface area contributed by atoms with Crippen molar-refractivity contribution in [2.24, 2.45) is 0 Å². The zero-order valence-corrected chi connectivity index (χ0v) is 17.7. The van der Waals surface area contributed by atoms with Crippen molar-refractivity contribution in [2.45, 2.75) is 55.9 Å². The van der Waals surface area contributed by atoms with E-state index in [9.17, 15) is 4.79 Å². The van der Waals surface area contributed by atoms with Gasteiger partial charge in [-0.2, -0.15) is 4.98 Å². The van der Waals surface area contributed by atoms with E-state index in [-0.39, 0.29) is 12.0 Å². The molecule has 1 aromatic carbocycles. The van der Waals surface area contributed by atoms with E-state index in [0.717, 1.165) is 23.3 Å². The van der Waals surface area contributed by atoms with Crippen molar-refractivity contribution in [2.75, 3.05) is 0 Å². The fourth-order valence-corrected chi connectivity index (χ4v) is 4.28. The maximum Gasteiger partial charge on any atom is 0.252 e. The number of hydrogen-bond donors (Lipinski definition) is 1. The van der Waals surface area contributed by atoms with Crippen LogP contribution in [0.2, 0.25) is 0 Å². The molecule has 3 aromatic rings. The smallest absolute Gasteiger partial charge is 0.252 e. The Kier molecular flexibility index (Phi) is 6.63. The molecule has 0 atom stereocenters. The highest BCUT2D eigenvalue weighted by Gasteiger charge is 2.17. The lowest BCUT2D eigenvalue weighted by atomic mass is 10.2. The lowest BCUT2D eigenvalue weighted by Gasteiger charge is -2.13. The summed E-state index contributed by atoms with van der Waals surface area (Å²) in [5, 5.41) is 6.79. The van der Waals surface area contributed by atoms with Crippen LogP contribution in [-0.4, -0.2) is 27.1 Å². The van der Waals surface area contributed by atoms with Gasteiger partial charge < -0.3 is 14.6 Å². The summed E-state index contributed by atoms with van der Waals surface area (Å²) in [6.07, 6.45) is 6.57. The predicted molar refractivity (Wildman–Crippen MR) is 113 cm³/mol. The molecule has 0 saturated heterocycles. The Bertz CT molecular complexity index is 1000. The summed E-state index contributed by atoms with van der Waals surface area (Å²) in [6.45, 7) is 2.19. The number of nitrogens with zero attached hydrogens (tertiary/aromatic N) is 3. The van der Waals surface area contributed by atoms with Gasteiger partial charge in [-0.25, -0.2) is 4.98 Å². The molecule has 1 N–H and O–H groups in total. The second-order valence-corrected chi connectivity index (χ2v) is 8.25. The molecule has 2 aromatic heterocycles. The van der Waals surface area contributed by atoms with Crippen LogP contribution >= 0.6 is 11.8 Å². The topological polar surface area (TPSA) is 90.1 Å². The van der Waals surface area contributed by atoms with Gasteiger partial charge in [0.25, 0.3) is 5.91 Å². The summed E-state index contributed by atoms with van der Waals surface area (Å²) in [4.78, 5) is 22.2. The number of pyridine rings is 1. The quantitative estimate of drug-likeness (QED) is 0.539. The van der Waals surface area contributed by atoms with E-state index < -0.39 is 0 Å². The van der Waals surface area contributed by atoms with Gasteiger partial charge in [0, 0.05) is 23.7 Å². The molecule has 1 aliphatic rings. The van der Waals surface area contributed by atoms with Crippen LogP contribution in [0.25, 0.3) is 0 Å². The molecule has 156 valence electrons. The average molecular weight is 425 g/mol. The first-order valence-electron chi connectivity index (χ1n) is 10.1. The summed E-state index contributed by atoms with van der Waals surface area (Å²) in [5.41, 5.74) is 1.58. The number of carbonyl (C=O) groups is 1. The highest BCUT2D eigenvalue weighted by atomic mass is 32.2. The first-order valence-corrected chi connectivity index (χ1v) is 11.1. The van der Waals surface area contributed by atoms with Crippen LogP contribution in [-0.2, 0) is 12.3 Å². The maximum atomic E-state index is 12.8. The molecular formula is C22H24N4O3S. The molecule has 0 radical (unpaired) electrons. The largest absolute Gasteiger partial charge is 0.474 e. The Morgan fingerprint density at radius 1 is 1.27 bits per heavy atom. The number of benzene rings is 1. The number of rotatable bonds is 8. The van der Waals surface area contributed by atoms with Gasteiger partial charge in [-0.15, -0.1) is 11.8 Å². The van der Waals surface area contributed by atoms with E-state index in [0.29, 0.717) is 35.5 Å². The van der Waals surface area contributed by atoms with Crippen molar-refractivity contribution >= 4 is 17.7 Å². The predicted octanol–water partition coefficient (Wildman–Crippen LogP) is 4.32. The normalized spacial score (nSPS) is 14.0. The molecular weight excluding hydrogens is 400 g/mol. The van der Waals surface area contributed by atoms with Gasteiger partial charge in [-0.3, -0.25) is 4.79 Å². The maximum absolute atomic E-state index is 12.8. The van der Waals surface area contributed by atoms with Gasteiger partial charge in [0.05, 0.1) is 11.3 Å². The number of amides is 1. The van der Waals surface area contributed by atoms with Crippen LogP contribution in [0.5, 0.6) is 5.88 Å². The number of nitrogens with one attached hydrogen (secondary N) is 1. The fraction of sp³-hybridized carbons (Fsp3) is 0.364. The van der Waals surface area contributed by atoms with Crippen LogP contribution in [0.15, 0.2) is 52.0 Å². The van der Waals surface area contributed by atoms with Gasteiger partial charge in [0.1, 0.15) is 6.10 Å². The number of hydrogen-bond acceptors (Lipinski definition) is 7. The molecule has 0 spiro atoms. The molecule has 4 rings (SSSR count). The second kappa shape index (κ2) is 9.75. The SMILES string of the molecule is Cc1noc(CSc2ccccc2C(=O)NCc2ccnc(OC3CCCC3)c2)n1. The van der Waals surface area contributed by atoms with Crippen LogP contribution in [0.3, 0.4) is 0 Å². The summed E-state index contributed by atoms with van der Waals surface area (Å²) < 4.78 is 11.1. The van der Waals surface area contributed by atoms with Gasteiger partial charge in [0.15, 0.2) is 5.82 Å². The third-order valence-corrected chi connectivity index (χ3v) is 5.95. The summed E-state index contributed by atoms with van der Waals surface area (Å²) >= 11 is 1.50. The van der Waals surface area contributed by atoms with Gasteiger partial charge in [-0.1, -0.05) is 17.3 Å². The van der Waals surface area contributed by atoms with Crippen LogP contribution < -0.4 is 10.1 Å². The van der Waals surface area contributed by atoms with Crippen molar-refractivity contribution in [1.29, 1.82) is 0 Å². The molecule has 1 amide bonds. The molecule has 0 unspecified atom stereocenters. The Hall–Kier alpha value is -2.87. The molecule has 7 nitrogen and oxygen atoms in total. The van der Waals surface area contributed by atoms with E-state index in [1.807, 2.05) is 36.4 Å². The average Bonchev–Trinajstić information content (AvgIpc) is 3.42. The molecule has 0 bridgehead atoms. The van der Waals surface area contributed by atoms with E-state index in [2.05, 4.69) is 20.4 Å². The number of aromatic nitrogens is 3. The van der Waals surface area contributed by atoms with Crippen LogP contribution in [0.4, 0.5) is 0 Å². The number of thioether (sulfide) groups is 1. The summed E-state index contributed by atoms with van der Waals surface area (Å²) in [7, 11) is 0. The van der Waals surface area contributed by atoms with Crippen molar-refractivity contribution < 1.29 is 14.1 Å². The highest BCUT2D eigenvalue weighted by molar-refractivity contribution is 7.98. The third-order valence-electron chi connectivity index (χ3n) is 4.89. The van der Waals surface area contributed by atoms with E-state index in [1.54, 1.807) is 13.1 Å². The second-order valence-electron chi connectivity index (χ2n) is 7.23. The summed E-state index contributed by atoms with van der Waals surface area (Å²) in [6, 6.07) is 11.3. The minimum absolute atomic E-state index is 0.130. The first-order chi connectivity index (χ1) is 14.7. The van der Waals surface area contributed by atoms with Crippen molar-refractivity contribution in [3.63, 3.8) is 0 Å². The fourth-order valence-electron chi connectivity index (χ4n) is 3.40. The number of aryl methyl sites for hydroxylation is 1. The zero-order valence-electron chi connectivity index (χ0n) is 16.8. The lowest BCUT2D eigenvalue weighted by Crippen LogP contribution is -2.23. The Morgan fingerprint density at radius 3 is 2.90 bits per heavy atom. The minimum Gasteiger partial charge on any atom is -0.474 e. The Balaban J connectivity index is 1.36. The van der Waals surface area contributed by atoms with Crippen LogP contribution in [0.1, 0.15) is 53.3 Å². The molecule has 0 aliphatic heterocycles. The standard InChI is InChI=1S/C22H24N4O3S/c1-15-25-21(29-26-15)14-30-19-9-5-4-8-18(19)22(27)24-13-16-10-11-23-20(12-16)28-17-6-2-3-7-17/h4-5,8-12,17H,2-3,6-7,13-14H2,1H3,(H,24,27). The Labute approximate surface area is 179 Å². The molecule has 8 heteroatoms. The zero-order chi connectivity index (χ0) is 20.8. The minimum atomic E-state index is -0.130. The molecule has 2 heterocycles. The van der Waals surface area contributed by atoms with E-state index in [4.69, 9.17) is 9.26 Å². The molecule has 1 saturated carbocycles. The number of carbonyl (C=O) groups excluding carboxylic acids is 1. The van der Waals surface area contributed by atoms with Gasteiger partial charge in [0.2, 0.25) is 11.8 Å². The van der Waals surface area contributed by atoms with E-state index in [1.165, 1.54) is 24.6 Å². The number of ether oxygens (including phenoxy) is 1. The monoisotopic (exact) mass is 424 g/mol. The summed E-state index contributed by atoms with van der Waals surface area (Å²) in [5.74, 6) is 2.15. The highest BCUT2D eigenvalue weighted by Crippen LogP contribution is 2.26. The van der Waals surface area contributed by atoms with Gasteiger partial charge >= 0.3 is 0 Å². The van der Waals surface area contributed by atoms with Crippen molar-refractivity contribution in [3.05, 3.63) is 65.4 Å². The third kappa shape index (κ3) is 5.38. The van der Waals surface area contributed by atoms with E-state index >= 15 is 0 Å². The lowest BCUT2D eigenvalue weighted by molar-refractivity contribution is 0.0948. The Morgan fingerprint density at radius 2 is 2.10 bits per heavy atom. The van der Waals surface area contributed by atoms with Crippen LogP contribution in [0, 0.1) is 6.92 Å². The van der Waals surface area contributed by atoms with Gasteiger partial charge in [-0.05, 0) is 56.4 Å². The van der Waals surface area contributed by atoms with Crippen molar-refractivity contribution in [3.8, 4) is 5.88 Å².